The van der Waals surface area contributed by atoms with Gasteiger partial charge in [0.2, 0.25) is 11.2 Å². The molecule has 0 fully saturated rings. The molecule has 0 aliphatic carbocycles. The second-order valence-electron chi connectivity index (χ2n) is 11.2. The van der Waals surface area contributed by atoms with Gasteiger partial charge in [0.15, 0.2) is 28.7 Å². The number of imidazole rings is 1. The van der Waals surface area contributed by atoms with Gasteiger partial charge in [0.25, 0.3) is 0 Å². The number of halogens is 1. The van der Waals surface area contributed by atoms with Gasteiger partial charge in [-0.05, 0) is 37.6 Å². The Hall–Kier alpha value is -6.76. The van der Waals surface area contributed by atoms with Crippen molar-refractivity contribution in [3.8, 4) is 0 Å². The van der Waals surface area contributed by atoms with Crippen LogP contribution in [0.4, 0.5) is 34.8 Å². The molecule has 20 heteroatoms. The van der Waals surface area contributed by atoms with E-state index in [0.29, 0.717) is 74.0 Å². The number of methoxy groups -OCH3 is 2. The van der Waals surface area contributed by atoms with E-state index in [1.54, 1.807) is 54.3 Å². The molecule has 0 aliphatic heterocycles. The number of carbonyl (C=O) groups excluding carboxylic acids is 2. The number of aromatic nitrogens is 12. The van der Waals surface area contributed by atoms with Gasteiger partial charge in [-0.25, -0.2) is 33.9 Å². The van der Waals surface area contributed by atoms with Crippen molar-refractivity contribution in [2.75, 3.05) is 30.2 Å². The van der Waals surface area contributed by atoms with E-state index in [4.69, 9.17) is 21.1 Å². The van der Waals surface area contributed by atoms with Crippen LogP contribution in [-0.4, -0.2) is 85.2 Å². The molecule has 0 saturated heterocycles. The molecule has 7 aromatic heterocycles. The van der Waals surface area contributed by atoms with Gasteiger partial charge in [0.1, 0.15) is 0 Å². The average molecular weight is 726 g/mol. The summed E-state index contributed by atoms with van der Waals surface area (Å²) in [6, 6.07) is 3.33. The first-order valence-corrected chi connectivity index (χ1v) is 15.8. The minimum Gasteiger partial charge on any atom is -0.465 e. The lowest BCUT2D eigenvalue weighted by Crippen LogP contribution is -2.05. The van der Waals surface area contributed by atoms with Crippen molar-refractivity contribution in [2.45, 2.75) is 13.8 Å². The molecule has 52 heavy (non-hydrogen) atoms. The number of rotatable bonds is 8. The Morgan fingerprint density at radius 2 is 1.21 bits per heavy atom. The maximum atomic E-state index is 11.8. The molecule has 0 amide bonds. The van der Waals surface area contributed by atoms with E-state index in [2.05, 4.69) is 61.0 Å². The molecule has 19 nitrogen and oxygen atoms in total. The zero-order valence-corrected chi connectivity index (χ0v) is 29.8. The smallest absolute Gasteiger partial charge is 0.339 e. The number of ether oxygens (including phenoxy) is 2. The van der Waals surface area contributed by atoms with Crippen LogP contribution in [0.2, 0.25) is 5.28 Å². The van der Waals surface area contributed by atoms with Gasteiger partial charge in [-0.2, -0.15) is 20.2 Å². The summed E-state index contributed by atoms with van der Waals surface area (Å²) in [5, 5.41) is 19.9. The number of pyridine rings is 2. The van der Waals surface area contributed by atoms with Crippen LogP contribution in [0.25, 0.3) is 22.1 Å². The molecule has 7 aromatic rings. The Morgan fingerprint density at radius 1 is 0.692 bits per heavy atom. The largest absolute Gasteiger partial charge is 0.465 e. The van der Waals surface area contributed by atoms with Gasteiger partial charge in [-0.15, -0.1) is 0 Å². The third kappa shape index (κ3) is 7.38. The topological polar surface area (TPSA) is 219 Å². The van der Waals surface area contributed by atoms with Crippen molar-refractivity contribution >= 4 is 80.4 Å². The summed E-state index contributed by atoms with van der Waals surface area (Å²) in [5.41, 5.74) is 4.64. The molecular formula is C32H32ClN15O4. The van der Waals surface area contributed by atoms with E-state index in [9.17, 15) is 9.59 Å². The van der Waals surface area contributed by atoms with Crippen molar-refractivity contribution in [1.82, 2.24) is 59.0 Å². The highest BCUT2D eigenvalue weighted by molar-refractivity contribution is 6.28. The van der Waals surface area contributed by atoms with Crippen LogP contribution in [0.1, 0.15) is 32.1 Å². The van der Waals surface area contributed by atoms with E-state index >= 15 is 0 Å². The SMILES string of the molecule is COC(=O)c1cnc(C)c(Nc2nn(C)c3nc(Cl)ncc23)c1.COC(=O)c1cnc(C)c(Nc2nn(C)c3nc(Nc4cn(C)cn4)ncc23)c1. The molecular weight excluding hydrogens is 694 g/mol. The summed E-state index contributed by atoms with van der Waals surface area (Å²) < 4.78 is 14.5. The zero-order chi connectivity index (χ0) is 37.1. The summed E-state index contributed by atoms with van der Waals surface area (Å²) in [6.07, 6.45) is 9.72. The Balaban J connectivity index is 0.000000183. The van der Waals surface area contributed by atoms with Gasteiger partial charge in [-0.1, -0.05) is 0 Å². The van der Waals surface area contributed by atoms with E-state index in [-0.39, 0.29) is 5.28 Å². The van der Waals surface area contributed by atoms with Crippen molar-refractivity contribution in [3.63, 3.8) is 0 Å². The number of fused-ring (bicyclic) bond motifs is 2. The quantitative estimate of drug-likeness (QED) is 0.147. The van der Waals surface area contributed by atoms with Gasteiger partial charge >= 0.3 is 11.9 Å². The van der Waals surface area contributed by atoms with Gasteiger partial charge < -0.3 is 30.0 Å². The fourth-order valence-electron chi connectivity index (χ4n) is 4.92. The number of nitrogens with one attached hydrogen (secondary N) is 3. The Bertz CT molecular complexity index is 2460. The molecule has 7 rings (SSSR count). The molecule has 0 aromatic carbocycles. The first-order valence-electron chi connectivity index (χ1n) is 15.4. The molecule has 0 aliphatic rings. The Kier molecular flexibility index (Phi) is 9.86. The van der Waals surface area contributed by atoms with Crippen molar-refractivity contribution in [1.29, 1.82) is 0 Å². The molecule has 0 radical (unpaired) electrons. The molecule has 266 valence electrons. The highest BCUT2D eigenvalue weighted by Gasteiger charge is 2.17. The van der Waals surface area contributed by atoms with Crippen molar-refractivity contribution in [3.05, 3.63) is 77.2 Å². The number of aryl methyl sites for hydroxylation is 5. The molecule has 0 atom stereocenters. The second kappa shape index (κ2) is 14.6. The van der Waals surface area contributed by atoms with Gasteiger partial charge in [-0.3, -0.25) is 9.97 Å². The number of carbonyl (C=O) groups is 2. The van der Waals surface area contributed by atoms with Crippen LogP contribution < -0.4 is 16.0 Å². The summed E-state index contributed by atoms with van der Waals surface area (Å²) >= 11 is 5.81. The Labute approximate surface area is 300 Å². The minimum atomic E-state index is -0.458. The molecule has 7 heterocycles. The molecule has 0 bridgehead atoms. The number of esters is 2. The zero-order valence-electron chi connectivity index (χ0n) is 29.0. The van der Waals surface area contributed by atoms with E-state index in [1.807, 2.05) is 31.7 Å². The second-order valence-corrected chi connectivity index (χ2v) is 11.6. The predicted molar refractivity (Wildman–Crippen MR) is 191 cm³/mol. The molecule has 0 unspecified atom stereocenters. The molecule has 0 spiro atoms. The standard InChI is InChI=1S/C18H19N9O2.C14H13ClN6O2/c1-10-13(5-11(6-19-10)17(28)29-4)22-15-12-7-20-18(24-16(12)27(3)25-15)23-14-8-26(2)9-21-14;1-7-10(4-8(5-16-7)13(22)23-3)18-11-9-6-17-14(15)19-12(9)21(2)20-11/h5-9H,1-4H3,(H,22,25)(H,20,23,24);4-6H,1-3H3,(H,18,20). The van der Waals surface area contributed by atoms with Crippen molar-refractivity contribution in [2.24, 2.45) is 21.1 Å². The van der Waals surface area contributed by atoms with Gasteiger partial charge in [0, 0.05) is 52.1 Å². The maximum Gasteiger partial charge on any atom is 0.339 e. The van der Waals surface area contributed by atoms with Crippen LogP contribution in [0.5, 0.6) is 0 Å². The van der Waals surface area contributed by atoms with Crippen LogP contribution in [0, 0.1) is 13.8 Å². The number of anilines is 6. The van der Waals surface area contributed by atoms with Crippen LogP contribution in [-0.2, 0) is 30.6 Å². The van der Waals surface area contributed by atoms with E-state index in [1.165, 1.54) is 26.6 Å². The Morgan fingerprint density at radius 3 is 1.71 bits per heavy atom. The molecule has 0 saturated carbocycles. The molecule has 3 N–H and O–H groups in total. The van der Waals surface area contributed by atoms with Gasteiger partial charge in [0.05, 0.1) is 65.2 Å². The minimum absolute atomic E-state index is 0.151. The maximum absolute atomic E-state index is 11.8. The van der Waals surface area contributed by atoms with Crippen molar-refractivity contribution < 1.29 is 19.1 Å². The van der Waals surface area contributed by atoms with E-state index in [0.717, 1.165) is 5.39 Å². The monoisotopic (exact) mass is 725 g/mol. The number of hydrogen-bond acceptors (Lipinski definition) is 16. The van der Waals surface area contributed by atoms with E-state index < -0.39 is 11.9 Å². The number of hydrogen-bond donors (Lipinski definition) is 3. The number of nitrogens with zero attached hydrogens (tertiary/aromatic N) is 12. The first-order chi connectivity index (χ1) is 24.9. The lowest BCUT2D eigenvalue weighted by atomic mass is 10.2. The summed E-state index contributed by atoms with van der Waals surface area (Å²) in [7, 11) is 8.08. The fourth-order valence-corrected chi connectivity index (χ4v) is 5.05. The lowest BCUT2D eigenvalue weighted by Gasteiger charge is -2.08. The summed E-state index contributed by atoms with van der Waals surface area (Å²) in [4.78, 5) is 53.1. The predicted octanol–water partition coefficient (Wildman–Crippen LogP) is 4.32. The van der Waals surface area contributed by atoms with Crippen LogP contribution in [0.15, 0.2) is 49.4 Å². The normalized spacial score (nSPS) is 10.8. The third-order valence-electron chi connectivity index (χ3n) is 7.60. The third-order valence-corrected chi connectivity index (χ3v) is 7.78. The van der Waals surface area contributed by atoms with Crippen LogP contribution in [0.3, 0.4) is 0 Å². The first kappa shape index (κ1) is 35.1. The van der Waals surface area contributed by atoms with Crippen LogP contribution >= 0.6 is 11.6 Å². The summed E-state index contributed by atoms with van der Waals surface area (Å²) in [5.74, 6) is 1.25. The lowest BCUT2D eigenvalue weighted by molar-refractivity contribution is 0.0591. The highest BCUT2D eigenvalue weighted by atomic mass is 35.5. The fraction of sp³-hybridized carbons (Fsp3) is 0.219. The average Bonchev–Trinajstić information content (AvgIpc) is 3.79. The summed E-state index contributed by atoms with van der Waals surface area (Å²) in [6.45, 7) is 3.65. The highest BCUT2D eigenvalue weighted by Crippen LogP contribution is 2.28.